The van der Waals surface area contributed by atoms with Crippen molar-refractivity contribution in [2.45, 2.75) is 13.3 Å². The summed E-state index contributed by atoms with van der Waals surface area (Å²) in [5.41, 5.74) is 7.77. The Morgan fingerprint density at radius 1 is 1.47 bits per heavy atom. The van der Waals surface area contributed by atoms with Gasteiger partial charge in [-0.1, -0.05) is 19.1 Å². The third-order valence-electron chi connectivity index (χ3n) is 2.81. The lowest BCUT2D eigenvalue weighted by Gasteiger charge is -2.08. The SMILES string of the molecule is CCc1[nH]nc(C(=O)Nc2ccccc2OC)c1N. The lowest BCUT2D eigenvalue weighted by molar-refractivity contribution is 0.102. The van der Waals surface area contributed by atoms with Gasteiger partial charge in [0.25, 0.3) is 5.91 Å². The van der Waals surface area contributed by atoms with E-state index in [1.54, 1.807) is 19.2 Å². The van der Waals surface area contributed by atoms with Crippen molar-refractivity contribution < 1.29 is 9.53 Å². The maximum atomic E-state index is 12.1. The first-order valence-corrected chi connectivity index (χ1v) is 5.94. The molecule has 2 aromatic rings. The molecule has 0 unspecified atom stereocenters. The number of nitrogens with zero attached hydrogens (tertiary/aromatic N) is 1. The standard InChI is InChI=1S/C13H16N4O2/c1-3-8-11(14)12(17-16-8)13(18)15-9-6-4-5-7-10(9)19-2/h4-7H,3,14H2,1-2H3,(H,15,18)(H,16,17). The third-order valence-corrected chi connectivity index (χ3v) is 2.81. The van der Waals surface area contributed by atoms with Crippen molar-refractivity contribution in [2.24, 2.45) is 0 Å². The number of carbonyl (C=O) groups is 1. The van der Waals surface area contributed by atoms with Crippen LogP contribution in [-0.4, -0.2) is 23.2 Å². The molecule has 1 aromatic carbocycles. The van der Waals surface area contributed by atoms with E-state index in [4.69, 9.17) is 10.5 Å². The van der Waals surface area contributed by atoms with Crippen LogP contribution in [0.25, 0.3) is 0 Å². The maximum absolute atomic E-state index is 12.1. The molecule has 1 amide bonds. The van der Waals surface area contributed by atoms with E-state index in [0.29, 0.717) is 23.5 Å². The number of hydrogen-bond donors (Lipinski definition) is 3. The average molecular weight is 260 g/mol. The average Bonchev–Trinajstić information content (AvgIpc) is 2.80. The number of methoxy groups -OCH3 is 1. The van der Waals surface area contributed by atoms with Gasteiger partial charge < -0.3 is 15.8 Å². The second-order valence-electron chi connectivity index (χ2n) is 3.97. The maximum Gasteiger partial charge on any atom is 0.278 e. The number of para-hydroxylation sites is 2. The fourth-order valence-corrected chi connectivity index (χ4v) is 1.76. The summed E-state index contributed by atoms with van der Waals surface area (Å²) in [6.07, 6.45) is 0.695. The van der Waals surface area contributed by atoms with Gasteiger partial charge in [-0.2, -0.15) is 5.10 Å². The number of aryl methyl sites for hydroxylation is 1. The highest BCUT2D eigenvalue weighted by Crippen LogP contribution is 2.24. The molecule has 4 N–H and O–H groups in total. The first-order valence-electron chi connectivity index (χ1n) is 5.94. The molecule has 2 rings (SSSR count). The number of hydrogen-bond acceptors (Lipinski definition) is 4. The molecule has 100 valence electrons. The van der Waals surface area contributed by atoms with E-state index in [0.717, 1.165) is 5.69 Å². The molecule has 0 saturated heterocycles. The molecule has 0 spiro atoms. The first-order chi connectivity index (χ1) is 9.17. The van der Waals surface area contributed by atoms with E-state index >= 15 is 0 Å². The summed E-state index contributed by atoms with van der Waals surface area (Å²) in [6.45, 7) is 1.94. The monoisotopic (exact) mass is 260 g/mol. The molecule has 0 bridgehead atoms. The lowest BCUT2D eigenvalue weighted by atomic mass is 10.2. The van der Waals surface area contributed by atoms with Crippen LogP contribution >= 0.6 is 0 Å². The Balaban J connectivity index is 2.23. The van der Waals surface area contributed by atoms with Gasteiger partial charge in [0.1, 0.15) is 5.75 Å². The largest absolute Gasteiger partial charge is 0.495 e. The van der Waals surface area contributed by atoms with E-state index in [9.17, 15) is 4.79 Å². The molecule has 6 nitrogen and oxygen atoms in total. The highest BCUT2D eigenvalue weighted by atomic mass is 16.5. The molecule has 0 aliphatic rings. The Morgan fingerprint density at radius 2 is 2.21 bits per heavy atom. The second kappa shape index (κ2) is 5.43. The van der Waals surface area contributed by atoms with Crippen molar-refractivity contribution in [1.29, 1.82) is 0 Å². The van der Waals surface area contributed by atoms with Gasteiger partial charge in [0, 0.05) is 0 Å². The van der Waals surface area contributed by atoms with Gasteiger partial charge in [0.15, 0.2) is 5.69 Å². The van der Waals surface area contributed by atoms with E-state index in [1.807, 2.05) is 19.1 Å². The fraction of sp³-hybridized carbons (Fsp3) is 0.231. The molecule has 0 aliphatic heterocycles. The molecule has 0 aliphatic carbocycles. The number of nitrogens with one attached hydrogen (secondary N) is 2. The van der Waals surface area contributed by atoms with Crippen molar-refractivity contribution in [3.8, 4) is 5.75 Å². The van der Waals surface area contributed by atoms with Gasteiger partial charge in [0.2, 0.25) is 0 Å². The van der Waals surface area contributed by atoms with Crippen LogP contribution in [0.4, 0.5) is 11.4 Å². The Kier molecular flexibility index (Phi) is 3.70. The number of aromatic amines is 1. The minimum Gasteiger partial charge on any atom is -0.495 e. The normalized spacial score (nSPS) is 10.2. The van der Waals surface area contributed by atoms with Crippen LogP contribution in [0.2, 0.25) is 0 Å². The summed E-state index contributed by atoms with van der Waals surface area (Å²) >= 11 is 0. The lowest BCUT2D eigenvalue weighted by Crippen LogP contribution is -2.15. The van der Waals surface area contributed by atoms with E-state index in [2.05, 4.69) is 15.5 Å². The molecule has 1 heterocycles. The predicted octanol–water partition coefficient (Wildman–Crippen LogP) is 1.82. The fourth-order valence-electron chi connectivity index (χ4n) is 1.76. The number of amides is 1. The quantitative estimate of drug-likeness (QED) is 0.781. The van der Waals surface area contributed by atoms with Crippen LogP contribution in [0.1, 0.15) is 23.1 Å². The second-order valence-corrected chi connectivity index (χ2v) is 3.97. The van der Waals surface area contributed by atoms with Crippen molar-refractivity contribution in [3.63, 3.8) is 0 Å². The van der Waals surface area contributed by atoms with Gasteiger partial charge in [-0.05, 0) is 18.6 Å². The number of H-pyrrole nitrogens is 1. The van der Waals surface area contributed by atoms with Crippen molar-refractivity contribution >= 4 is 17.3 Å². The number of nitrogen functional groups attached to an aromatic ring is 1. The Bertz CT molecular complexity index is 592. The van der Waals surface area contributed by atoms with Crippen LogP contribution in [0.15, 0.2) is 24.3 Å². The van der Waals surface area contributed by atoms with Gasteiger partial charge in [-0.15, -0.1) is 0 Å². The third kappa shape index (κ3) is 2.52. The van der Waals surface area contributed by atoms with Crippen molar-refractivity contribution in [2.75, 3.05) is 18.2 Å². The molecule has 0 fully saturated rings. The number of anilines is 2. The summed E-state index contributed by atoms with van der Waals surface area (Å²) in [4.78, 5) is 12.1. The summed E-state index contributed by atoms with van der Waals surface area (Å²) in [7, 11) is 1.54. The Morgan fingerprint density at radius 3 is 2.84 bits per heavy atom. The Labute approximate surface area is 111 Å². The molecule has 0 saturated carbocycles. The zero-order valence-corrected chi connectivity index (χ0v) is 10.9. The molecule has 0 radical (unpaired) electrons. The van der Waals surface area contributed by atoms with E-state index in [1.165, 1.54) is 0 Å². The number of carbonyl (C=O) groups excluding carboxylic acids is 1. The van der Waals surface area contributed by atoms with Crippen LogP contribution in [-0.2, 0) is 6.42 Å². The van der Waals surface area contributed by atoms with Crippen LogP contribution in [0.5, 0.6) is 5.75 Å². The van der Waals surface area contributed by atoms with Crippen LogP contribution in [0, 0.1) is 0 Å². The van der Waals surface area contributed by atoms with Crippen molar-refractivity contribution in [3.05, 3.63) is 35.7 Å². The van der Waals surface area contributed by atoms with Gasteiger partial charge >= 0.3 is 0 Å². The highest BCUT2D eigenvalue weighted by Gasteiger charge is 2.17. The van der Waals surface area contributed by atoms with Gasteiger partial charge in [-0.3, -0.25) is 9.89 Å². The number of benzene rings is 1. The predicted molar refractivity (Wildman–Crippen MR) is 73.3 cm³/mol. The molecular formula is C13H16N4O2. The van der Waals surface area contributed by atoms with Gasteiger partial charge in [-0.25, -0.2) is 0 Å². The van der Waals surface area contributed by atoms with Crippen LogP contribution in [0.3, 0.4) is 0 Å². The summed E-state index contributed by atoms with van der Waals surface area (Å²) in [6, 6.07) is 7.15. The first kappa shape index (κ1) is 12.9. The molecule has 0 atom stereocenters. The number of ether oxygens (including phenoxy) is 1. The van der Waals surface area contributed by atoms with Gasteiger partial charge in [0.05, 0.1) is 24.2 Å². The molecular weight excluding hydrogens is 244 g/mol. The minimum absolute atomic E-state index is 0.197. The Hall–Kier alpha value is -2.50. The van der Waals surface area contributed by atoms with E-state index < -0.39 is 0 Å². The number of nitrogens with two attached hydrogens (primary N) is 1. The zero-order chi connectivity index (χ0) is 13.8. The van der Waals surface area contributed by atoms with Crippen molar-refractivity contribution in [1.82, 2.24) is 10.2 Å². The minimum atomic E-state index is -0.363. The summed E-state index contributed by atoms with van der Waals surface area (Å²) in [5.74, 6) is 0.221. The summed E-state index contributed by atoms with van der Waals surface area (Å²) < 4.78 is 5.16. The molecule has 6 heteroatoms. The number of aromatic nitrogens is 2. The van der Waals surface area contributed by atoms with Crippen LogP contribution < -0.4 is 15.8 Å². The van der Waals surface area contributed by atoms with E-state index in [-0.39, 0.29) is 11.6 Å². The topological polar surface area (TPSA) is 93.0 Å². The summed E-state index contributed by atoms with van der Waals surface area (Å²) in [5, 5.41) is 9.42. The zero-order valence-electron chi connectivity index (χ0n) is 10.9. The number of rotatable bonds is 4. The molecule has 1 aromatic heterocycles. The molecule has 19 heavy (non-hydrogen) atoms. The smallest absolute Gasteiger partial charge is 0.278 e. The highest BCUT2D eigenvalue weighted by molar-refractivity contribution is 6.07.